The topological polar surface area (TPSA) is 52.6 Å². The van der Waals surface area contributed by atoms with Gasteiger partial charge in [-0.1, -0.05) is 51.9 Å². The van der Waals surface area contributed by atoms with Crippen LogP contribution in [0.25, 0.3) is 0 Å². The maximum atomic E-state index is 11.4. The minimum Gasteiger partial charge on any atom is -0.459 e. The van der Waals surface area contributed by atoms with Crippen molar-refractivity contribution < 1.29 is 19.1 Å². The van der Waals surface area contributed by atoms with E-state index in [0.717, 1.165) is 32.1 Å². The molecule has 0 amide bonds. The molecule has 0 N–H and O–H groups in total. The first-order chi connectivity index (χ1) is 10.6. The molecule has 1 heterocycles. The van der Waals surface area contributed by atoms with Crippen LogP contribution in [0.3, 0.4) is 0 Å². The molecule has 4 nitrogen and oxygen atoms in total. The van der Waals surface area contributed by atoms with Crippen molar-refractivity contribution in [2.24, 2.45) is 0 Å². The van der Waals surface area contributed by atoms with Crippen molar-refractivity contribution in [3.05, 3.63) is 0 Å². The van der Waals surface area contributed by atoms with Crippen molar-refractivity contribution in [2.75, 3.05) is 0 Å². The third kappa shape index (κ3) is 8.40. The summed E-state index contributed by atoms with van der Waals surface area (Å²) in [5.74, 6) is -0.449. The fraction of sp³-hybridized carbons (Fsp3) is 0.889. The second-order valence-corrected chi connectivity index (χ2v) is 6.33. The molecule has 22 heavy (non-hydrogen) atoms. The molecule has 0 aliphatic carbocycles. The average molecular weight is 312 g/mol. The number of carbonyl (C=O) groups is 2. The number of carbonyl (C=O) groups excluding carboxylic acids is 2. The molecule has 0 unspecified atom stereocenters. The summed E-state index contributed by atoms with van der Waals surface area (Å²) in [5.41, 5.74) is 0. The first-order valence-electron chi connectivity index (χ1n) is 9.00. The van der Waals surface area contributed by atoms with Gasteiger partial charge in [0.2, 0.25) is 0 Å². The van der Waals surface area contributed by atoms with Gasteiger partial charge in [0.15, 0.2) is 0 Å². The van der Waals surface area contributed by atoms with Gasteiger partial charge < -0.3 is 9.47 Å². The summed E-state index contributed by atoms with van der Waals surface area (Å²) in [5, 5.41) is 0. The quantitative estimate of drug-likeness (QED) is 0.415. The molecule has 0 aromatic carbocycles. The lowest BCUT2D eigenvalue weighted by Gasteiger charge is -2.29. The van der Waals surface area contributed by atoms with Gasteiger partial charge in [-0.25, -0.2) is 0 Å². The largest absolute Gasteiger partial charge is 0.459 e. The molecule has 0 radical (unpaired) electrons. The number of cyclic esters (lactones) is 1. The van der Waals surface area contributed by atoms with Crippen LogP contribution < -0.4 is 0 Å². The van der Waals surface area contributed by atoms with Crippen LogP contribution in [0.5, 0.6) is 0 Å². The standard InChI is InChI=1S/C18H32O4/c1-3-4-5-6-7-8-9-10-12-16(21-15(2)19)17-13-11-14-18(20)22-17/h16-17H,3-14H2,1-2H3/t16-,17+/m1/s1. The average Bonchev–Trinajstić information content (AvgIpc) is 2.48. The molecule has 1 saturated heterocycles. The molecular weight excluding hydrogens is 280 g/mol. The fourth-order valence-electron chi connectivity index (χ4n) is 3.01. The number of unbranched alkanes of at least 4 members (excludes halogenated alkanes) is 7. The number of rotatable bonds is 11. The Morgan fingerprint density at radius 1 is 1.18 bits per heavy atom. The van der Waals surface area contributed by atoms with Gasteiger partial charge in [0.25, 0.3) is 0 Å². The van der Waals surface area contributed by atoms with E-state index in [1.165, 1.54) is 45.4 Å². The van der Waals surface area contributed by atoms with Crippen LogP contribution in [-0.2, 0) is 19.1 Å². The first kappa shape index (κ1) is 19.0. The van der Waals surface area contributed by atoms with E-state index in [1.807, 2.05) is 0 Å². The van der Waals surface area contributed by atoms with E-state index in [1.54, 1.807) is 0 Å². The SMILES string of the molecule is CCCCCCCCCC[C@@H](OC(C)=O)[C@@H]1CCCC(=O)O1. The number of hydrogen-bond acceptors (Lipinski definition) is 4. The molecule has 1 aliphatic heterocycles. The lowest BCUT2D eigenvalue weighted by Crippen LogP contribution is -2.37. The Labute approximate surface area is 134 Å². The molecule has 1 aliphatic rings. The summed E-state index contributed by atoms with van der Waals surface area (Å²) in [4.78, 5) is 22.7. The Kier molecular flexibility index (Phi) is 9.93. The third-order valence-electron chi connectivity index (χ3n) is 4.23. The fourth-order valence-corrected chi connectivity index (χ4v) is 3.01. The molecular formula is C18H32O4. The maximum Gasteiger partial charge on any atom is 0.306 e. The Bertz CT molecular complexity index is 327. The second-order valence-electron chi connectivity index (χ2n) is 6.33. The Hall–Kier alpha value is -1.06. The van der Waals surface area contributed by atoms with E-state index in [4.69, 9.17) is 9.47 Å². The van der Waals surface area contributed by atoms with Crippen molar-refractivity contribution in [1.82, 2.24) is 0 Å². The molecule has 0 aromatic heterocycles. The van der Waals surface area contributed by atoms with E-state index >= 15 is 0 Å². The zero-order valence-corrected chi connectivity index (χ0v) is 14.3. The molecule has 4 heteroatoms. The summed E-state index contributed by atoms with van der Waals surface area (Å²) in [6.45, 7) is 3.65. The molecule has 128 valence electrons. The summed E-state index contributed by atoms with van der Waals surface area (Å²) >= 11 is 0. The molecule has 1 fully saturated rings. The monoisotopic (exact) mass is 312 g/mol. The van der Waals surface area contributed by atoms with Gasteiger partial charge >= 0.3 is 11.9 Å². The van der Waals surface area contributed by atoms with Crippen LogP contribution in [0.1, 0.15) is 90.9 Å². The van der Waals surface area contributed by atoms with Gasteiger partial charge in [-0.3, -0.25) is 9.59 Å². The lowest BCUT2D eigenvalue weighted by molar-refractivity contribution is -0.172. The predicted octanol–water partition coefficient (Wildman–Crippen LogP) is 4.54. The molecule has 0 bridgehead atoms. The van der Waals surface area contributed by atoms with Crippen molar-refractivity contribution in [3.8, 4) is 0 Å². The highest BCUT2D eigenvalue weighted by Crippen LogP contribution is 2.23. The summed E-state index contributed by atoms with van der Waals surface area (Å²) in [6.07, 6.45) is 12.4. The van der Waals surface area contributed by atoms with Crippen molar-refractivity contribution in [1.29, 1.82) is 0 Å². The molecule has 0 saturated carbocycles. The Balaban J connectivity index is 2.21. The third-order valence-corrected chi connectivity index (χ3v) is 4.23. The van der Waals surface area contributed by atoms with Crippen molar-refractivity contribution in [2.45, 2.75) is 103 Å². The zero-order chi connectivity index (χ0) is 16.2. The van der Waals surface area contributed by atoms with Crippen molar-refractivity contribution >= 4 is 11.9 Å². The van der Waals surface area contributed by atoms with Crippen LogP contribution in [-0.4, -0.2) is 24.1 Å². The van der Waals surface area contributed by atoms with Crippen molar-refractivity contribution in [3.63, 3.8) is 0 Å². The summed E-state index contributed by atoms with van der Waals surface area (Å²) in [7, 11) is 0. The molecule has 2 atom stereocenters. The molecule has 0 aromatic rings. The van der Waals surface area contributed by atoms with Crippen LogP contribution >= 0.6 is 0 Å². The van der Waals surface area contributed by atoms with E-state index in [0.29, 0.717) is 6.42 Å². The highest BCUT2D eigenvalue weighted by Gasteiger charge is 2.30. The maximum absolute atomic E-state index is 11.4. The van der Waals surface area contributed by atoms with E-state index < -0.39 is 0 Å². The van der Waals surface area contributed by atoms with Gasteiger partial charge in [-0.05, 0) is 25.7 Å². The predicted molar refractivity (Wildman–Crippen MR) is 86.5 cm³/mol. The summed E-state index contributed by atoms with van der Waals surface area (Å²) < 4.78 is 10.7. The Morgan fingerprint density at radius 3 is 2.41 bits per heavy atom. The minimum absolute atomic E-state index is 0.163. The number of hydrogen-bond donors (Lipinski definition) is 0. The molecule has 1 rings (SSSR count). The Morgan fingerprint density at radius 2 is 1.82 bits per heavy atom. The molecule has 0 spiro atoms. The number of esters is 2. The van der Waals surface area contributed by atoms with E-state index in [9.17, 15) is 9.59 Å². The highest BCUT2D eigenvalue weighted by atomic mass is 16.6. The normalized spacial score (nSPS) is 19.5. The van der Waals surface area contributed by atoms with Crippen LogP contribution in [0, 0.1) is 0 Å². The van der Waals surface area contributed by atoms with Crippen LogP contribution in [0.15, 0.2) is 0 Å². The first-order valence-corrected chi connectivity index (χ1v) is 9.00. The van der Waals surface area contributed by atoms with Gasteiger partial charge in [0.1, 0.15) is 12.2 Å². The van der Waals surface area contributed by atoms with E-state index in [-0.39, 0.29) is 24.1 Å². The highest BCUT2D eigenvalue weighted by molar-refractivity contribution is 5.70. The lowest BCUT2D eigenvalue weighted by atomic mass is 9.98. The zero-order valence-electron chi connectivity index (χ0n) is 14.3. The summed E-state index contributed by atoms with van der Waals surface area (Å²) in [6, 6.07) is 0. The van der Waals surface area contributed by atoms with Gasteiger partial charge in [0.05, 0.1) is 0 Å². The van der Waals surface area contributed by atoms with E-state index in [2.05, 4.69) is 6.92 Å². The van der Waals surface area contributed by atoms with Gasteiger partial charge in [-0.2, -0.15) is 0 Å². The smallest absolute Gasteiger partial charge is 0.306 e. The second kappa shape index (κ2) is 11.5. The van der Waals surface area contributed by atoms with Crippen LogP contribution in [0.4, 0.5) is 0 Å². The van der Waals surface area contributed by atoms with Gasteiger partial charge in [0, 0.05) is 13.3 Å². The number of ether oxygens (including phenoxy) is 2. The minimum atomic E-state index is -0.286. The van der Waals surface area contributed by atoms with Gasteiger partial charge in [-0.15, -0.1) is 0 Å². The van der Waals surface area contributed by atoms with Crippen LogP contribution in [0.2, 0.25) is 0 Å².